The first kappa shape index (κ1) is 16.6. The van der Waals surface area contributed by atoms with E-state index in [1.54, 1.807) is 0 Å². The molecule has 2 rings (SSSR count). The van der Waals surface area contributed by atoms with Crippen LogP contribution in [-0.4, -0.2) is 20.2 Å². The molecule has 0 bridgehead atoms. The van der Waals surface area contributed by atoms with Crippen molar-refractivity contribution in [2.45, 2.75) is 4.90 Å². The van der Waals surface area contributed by atoms with Crippen molar-refractivity contribution in [3.8, 4) is 0 Å². The molecule has 0 saturated carbocycles. The number of amides is 2. The number of sulfonamides is 1. The summed E-state index contributed by atoms with van der Waals surface area (Å²) in [4.78, 5) is 23.4. The number of hydrogen-bond acceptors (Lipinski definition) is 4. The van der Waals surface area contributed by atoms with E-state index in [-0.39, 0.29) is 16.0 Å². The van der Waals surface area contributed by atoms with Crippen molar-refractivity contribution in [3.63, 3.8) is 0 Å². The van der Waals surface area contributed by atoms with E-state index in [0.717, 1.165) is 12.1 Å². The van der Waals surface area contributed by atoms with Gasteiger partial charge in [-0.1, -0.05) is 0 Å². The number of benzene rings is 2. The lowest BCUT2D eigenvalue weighted by Gasteiger charge is -2.08. The maximum Gasteiger partial charge on any atom is 0.269 e. The third-order valence-electron chi connectivity index (χ3n) is 2.84. The molecule has 9 heteroatoms. The van der Waals surface area contributed by atoms with Gasteiger partial charge >= 0.3 is 0 Å². The number of carbonyl (C=O) groups is 2. The number of primary sulfonamides is 1. The van der Waals surface area contributed by atoms with E-state index >= 15 is 0 Å². The molecule has 23 heavy (non-hydrogen) atoms. The van der Waals surface area contributed by atoms with Crippen LogP contribution in [0.1, 0.15) is 20.7 Å². The average Bonchev–Trinajstić information content (AvgIpc) is 2.52. The Balaban J connectivity index is 1.99. The number of rotatable bonds is 3. The van der Waals surface area contributed by atoms with Gasteiger partial charge in [-0.25, -0.2) is 17.9 Å². The first-order chi connectivity index (χ1) is 10.8. The zero-order valence-corrected chi connectivity index (χ0v) is 12.4. The molecule has 0 aliphatic carbocycles. The third-order valence-corrected chi connectivity index (χ3v) is 3.77. The first-order valence-corrected chi connectivity index (χ1v) is 7.81. The van der Waals surface area contributed by atoms with Crippen LogP contribution in [0.25, 0.3) is 0 Å². The summed E-state index contributed by atoms with van der Waals surface area (Å²) in [5.41, 5.74) is 4.60. The van der Waals surface area contributed by atoms with E-state index in [1.165, 1.54) is 36.4 Å². The van der Waals surface area contributed by atoms with Gasteiger partial charge in [0.05, 0.1) is 4.90 Å². The van der Waals surface area contributed by atoms with Crippen LogP contribution >= 0.6 is 0 Å². The van der Waals surface area contributed by atoms with Crippen molar-refractivity contribution in [1.29, 1.82) is 0 Å². The molecule has 4 N–H and O–H groups in total. The fraction of sp³-hybridized carbons (Fsp3) is 0. The van der Waals surface area contributed by atoms with Gasteiger partial charge in [0.2, 0.25) is 10.0 Å². The Labute approximate surface area is 131 Å². The van der Waals surface area contributed by atoms with Crippen molar-refractivity contribution >= 4 is 21.8 Å². The molecule has 0 aromatic heterocycles. The highest BCUT2D eigenvalue weighted by molar-refractivity contribution is 7.89. The Morgan fingerprint density at radius 1 is 0.826 bits per heavy atom. The van der Waals surface area contributed by atoms with Crippen LogP contribution in [0.5, 0.6) is 0 Å². The van der Waals surface area contributed by atoms with E-state index in [9.17, 15) is 22.4 Å². The minimum atomic E-state index is -3.84. The lowest BCUT2D eigenvalue weighted by molar-refractivity contribution is 0.0846. The number of nitrogens with one attached hydrogen (secondary N) is 2. The van der Waals surface area contributed by atoms with E-state index in [1.807, 2.05) is 0 Å². The molecule has 0 unspecified atom stereocenters. The smallest absolute Gasteiger partial charge is 0.267 e. The molecule has 0 radical (unpaired) electrons. The van der Waals surface area contributed by atoms with Crippen molar-refractivity contribution in [2.24, 2.45) is 5.14 Å². The molecule has 0 aliphatic rings. The van der Waals surface area contributed by atoms with Crippen molar-refractivity contribution in [2.75, 3.05) is 0 Å². The quantitative estimate of drug-likeness (QED) is 0.709. The minimum Gasteiger partial charge on any atom is -0.267 e. The van der Waals surface area contributed by atoms with Crippen LogP contribution in [-0.2, 0) is 10.0 Å². The lowest BCUT2D eigenvalue weighted by atomic mass is 10.2. The summed E-state index contributed by atoms with van der Waals surface area (Å²) in [6.07, 6.45) is 0. The Kier molecular flexibility index (Phi) is 4.72. The lowest BCUT2D eigenvalue weighted by Crippen LogP contribution is -2.41. The van der Waals surface area contributed by atoms with Gasteiger partial charge in [-0.2, -0.15) is 0 Å². The molecule has 0 aliphatic heterocycles. The van der Waals surface area contributed by atoms with Crippen molar-refractivity contribution < 1.29 is 22.4 Å². The zero-order chi connectivity index (χ0) is 17.0. The molecular formula is C14H12FN3O4S. The van der Waals surface area contributed by atoms with Crippen LogP contribution in [0, 0.1) is 5.82 Å². The van der Waals surface area contributed by atoms with Gasteiger partial charge in [0.1, 0.15) is 5.82 Å². The fourth-order valence-electron chi connectivity index (χ4n) is 1.66. The molecule has 2 aromatic rings. The molecule has 0 atom stereocenters. The van der Waals surface area contributed by atoms with Crippen molar-refractivity contribution in [3.05, 3.63) is 65.5 Å². The normalized spacial score (nSPS) is 10.9. The predicted octanol–water partition coefficient (Wildman–Crippen LogP) is 0.548. The topological polar surface area (TPSA) is 118 Å². The average molecular weight is 337 g/mol. The van der Waals surface area contributed by atoms with E-state index in [4.69, 9.17) is 5.14 Å². The predicted molar refractivity (Wildman–Crippen MR) is 79.1 cm³/mol. The summed E-state index contributed by atoms with van der Waals surface area (Å²) < 4.78 is 35.0. The molecule has 120 valence electrons. The highest BCUT2D eigenvalue weighted by Crippen LogP contribution is 2.08. The van der Waals surface area contributed by atoms with Crippen LogP contribution in [0.15, 0.2) is 53.4 Å². The molecule has 2 amide bonds. The largest absolute Gasteiger partial charge is 0.269 e. The number of halogens is 1. The van der Waals surface area contributed by atoms with Crippen LogP contribution in [0.2, 0.25) is 0 Å². The van der Waals surface area contributed by atoms with Gasteiger partial charge in [-0.3, -0.25) is 20.4 Å². The van der Waals surface area contributed by atoms with E-state index < -0.39 is 27.7 Å². The third kappa shape index (κ3) is 4.34. The summed E-state index contributed by atoms with van der Waals surface area (Å²) >= 11 is 0. The van der Waals surface area contributed by atoms with E-state index in [0.29, 0.717) is 0 Å². The Morgan fingerprint density at radius 3 is 1.61 bits per heavy atom. The zero-order valence-electron chi connectivity index (χ0n) is 11.6. The summed E-state index contributed by atoms with van der Waals surface area (Å²) in [7, 11) is -3.84. The highest BCUT2D eigenvalue weighted by atomic mass is 32.2. The van der Waals surface area contributed by atoms with Crippen molar-refractivity contribution in [1.82, 2.24) is 10.9 Å². The number of hydrazine groups is 1. The molecule has 0 saturated heterocycles. The molecule has 2 aromatic carbocycles. The second-order valence-corrected chi connectivity index (χ2v) is 6.05. The maximum atomic E-state index is 12.7. The second-order valence-electron chi connectivity index (χ2n) is 4.48. The summed E-state index contributed by atoms with van der Waals surface area (Å²) in [6.45, 7) is 0. The molecular weight excluding hydrogens is 325 g/mol. The molecule has 0 fully saturated rings. The summed E-state index contributed by atoms with van der Waals surface area (Å²) in [6, 6.07) is 9.59. The Morgan fingerprint density at radius 2 is 1.22 bits per heavy atom. The second kappa shape index (κ2) is 6.55. The van der Waals surface area contributed by atoms with Gasteiger partial charge in [0.25, 0.3) is 11.8 Å². The summed E-state index contributed by atoms with van der Waals surface area (Å²) in [5.74, 6) is -1.76. The highest BCUT2D eigenvalue weighted by Gasteiger charge is 2.11. The fourth-order valence-corrected chi connectivity index (χ4v) is 2.17. The summed E-state index contributed by atoms with van der Waals surface area (Å²) in [5, 5.41) is 4.94. The van der Waals surface area contributed by atoms with Gasteiger partial charge in [-0.15, -0.1) is 0 Å². The number of hydrogen-bond donors (Lipinski definition) is 3. The molecule has 0 heterocycles. The molecule has 0 spiro atoms. The van der Waals surface area contributed by atoms with Gasteiger partial charge in [-0.05, 0) is 48.5 Å². The number of nitrogens with two attached hydrogens (primary N) is 1. The Hall–Kier alpha value is -2.78. The SMILES string of the molecule is NS(=O)(=O)c1ccc(C(=O)NNC(=O)c2ccc(F)cc2)cc1. The standard InChI is InChI=1S/C14H12FN3O4S/c15-11-5-1-9(2-6-11)13(19)17-18-14(20)10-3-7-12(8-4-10)23(16,21)22/h1-8H,(H,17,19)(H,18,20)(H2,16,21,22). The van der Waals surface area contributed by atoms with E-state index in [2.05, 4.69) is 10.9 Å². The number of carbonyl (C=O) groups excluding carboxylic acids is 2. The van der Waals surface area contributed by atoms with Gasteiger partial charge in [0, 0.05) is 11.1 Å². The Bertz CT molecular complexity index is 833. The van der Waals surface area contributed by atoms with Crippen LogP contribution in [0.3, 0.4) is 0 Å². The van der Waals surface area contributed by atoms with Crippen LogP contribution < -0.4 is 16.0 Å². The maximum absolute atomic E-state index is 12.7. The monoisotopic (exact) mass is 337 g/mol. The minimum absolute atomic E-state index is 0.122. The molecule has 7 nitrogen and oxygen atoms in total. The van der Waals surface area contributed by atoms with Gasteiger partial charge < -0.3 is 0 Å². The van der Waals surface area contributed by atoms with Gasteiger partial charge in [0.15, 0.2) is 0 Å². The van der Waals surface area contributed by atoms with Crippen LogP contribution in [0.4, 0.5) is 4.39 Å². The first-order valence-electron chi connectivity index (χ1n) is 6.26.